The maximum atomic E-state index is 12.7. The third-order valence-corrected chi connectivity index (χ3v) is 6.84. The Balaban J connectivity index is 1.32. The molecule has 0 aromatic heterocycles. The molecule has 2 aromatic carbocycles. The second-order valence-electron chi connectivity index (χ2n) is 8.83. The number of aliphatic hydroxyl groups excluding tert-OH is 1. The largest absolute Gasteiger partial charge is 0.395 e. The van der Waals surface area contributed by atoms with E-state index in [0.29, 0.717) is 17.8 Å². The standard InChI is InChI=1S/C25H32N2O2/c1-18-7-9-19(10-8-18)14-27-15-21-11-12-22(16-27)23(21)13-26-25(29)24(17-28)20-5-3-2-4-6-20/h2-10,21-24,28H,11-17H2,1H3,(H,26,29). The van der Waals surface area contributed by atoms with Gasteiger partial charge >= 0.3 is 0 Å². The molecule has 1 amide bonds. The number of fused-ring (bicyclic) bond motifs is 2. The molecular formula is C25H32N2O2. The van der Waals surface area contributed by atoms with E-state index in [9.17, 15) is 9.90 Å². The number of rotatable bonds is 7. The van der Waals surface area contributed by atoms with E-state index < -0.39 is 5.92 Å². The number of aliphatic hydroxyl groups is 1. The molecule has 2 N–H and O–H groups in total. The lowest BCUT2D eigenvalue weighted by Crippen LogP contribution is -2.46. The van der Waals surface area contributed by atoms with Crippen molar-refractivity contribution in [3.05, 3.63) is 71.3 Å². The Morgan fingerprint density at radius 3 is 2.34 bits per heavy atom. The quantitative estimate of drug-likeness (QED) is 0.760. The lowest BCUT2D eigenvalue weighted by molar-refractivity contribution is -0.123. The normalized spacial score (nSPS) is 25.0. The van der Waals surface area contributed by atoms with Crippen molar-refractivity contribution in [1.82, 2.24) is 10.2 Å². The minimum absolute atomic E-state index is 0.0554. The third kappa shape index (κ3) is 4.71. The second kappa shape index (κ2) is 9.10. The molecule has 0 radical (unpaired) electrons. The van der Waals surface area contributed by atoms with E-state index in [1.165, 1.54) is 24.0 Å². The van der Waals surface area contributed by atoms with Crippen LogP contribution in [-0.4, -0.2) is 42.2 Å². The van der Waals surface area contributed by atoms with Crippen LogP contribution in [0.4, 0.5) is 0 Å². The van der Waals surface area contributed by atoms with Gasteiger partial charge in [-0.15, -0.1) is 0 Å². The molecule has 4 rings (SSSR count). The van der Waals surface area contributed by atoms with Crippen LogP contribution in [0.1, 0.15) is 35.4 Å². The van der Waals surface area contributed by atoms with Gasteiger partial charge in [-0.1, -0.05) is 60.2 Å². The summed E-state index contributed by atoms with van der Waals surface area (Å²) in [7, 11) is 0. The van der Waals surface area contributed by atoms with Crippen LogP contribution in [0.15, 0.2) is 54.6 Å². The van der Waals surface area contributed by atoms with E-state index in [2.05, 4.69) is 41.4 Å². The molecule has 154 valence electrons. The first-order valence-corrected chi connectivity index (χ1v) is 10.9. The van der Waals surface area contributed by atoms with E-state index in [1.54, 1.807) is 0 Å². The summed E-state index contributed by atoms with van der Waals surface area (Å²) in [6, 6.07) is 18.4. The van der Waals surface area contributed by atoms with Gasteiger partial charge in [-0.3, -0.25) is 9.69 Å². The Morgan fingerprint density at radius 2 is 1.72 bits per heavy atom. The van der Waals surface area contributed by atoms with Crippen LogP contribution in [0.25, 0.3) is 0 Å². The number of hydrogen-bond acceptors (Lipinski definition) is 3. The number of aryl methyl sites for hydroxylation is 1. The number of likely N-dealkylation sites (tertiary alicyclic amines) is 1. The SMILES string of the molecule is Cc1ccc(CN2CC3CCC(C2)C3CNC(=O)C(CO)c2ccccc2)cc1. The van der Waals surface area contributed by atoms with Crippen molar-refractivity contribution in [2.45, 2.75) is 32.2 Å². The number of carbonyl (C=O) groups is 1. The molecule has 4 nitrogen and oxygen atoms in total. The molecule has 0 spiro atoms. The lowest BCUT2D eigenvalue weighted by atomic mass is 9.84. The van der Waals surface area contributed by atoms with Crippen LogP contribution in [-0.2, 0) is 11.3 Å². The molecule has 4 heteroatoms. The molecule has 1 saturated carbocycles. The number of nitrogens with one attached hydrogen (secondary N) is 1. The Morgan fingerprint density at radius 1 is 1.07 bits per heavy atom. The molecule has 2 aromatic rings. The fourth-order valence-electron chi connectivity index (χ4n) is 5.21. The summed E-state index contributed by atoms with van der Waals surface area (Å²) in [5, 5.41) is 12.9. The highest BCUT2D eigenvalue weighted by Crippen LogP contribution is 2.42. The average Bonchev–Trinajstić information content (AvgIpc) is 2.97. The van der Waals surface area contributed by atoms with Gasteiger partial charge < -0.3 is 10.4 Å². The average molecular weight is 393 g/mol. The molecule has 2 aliphatic rings. The fraction of sp³-hybridized carbons (Fsp3) is 0.480. The van der Waals surface area contributed by atoms with Gasteiger partial charge in [0.25, 0.3) is 0 Å². The van der Waals surface area contributed by atoms with E-state index in [-0.39, 0.29) is 12.5 Å². The van der Waals surface area contributed by atoms with Gasteiger partial charge in [0.1, 0.15) is 0 Å². The van der Waals surface area contributed by atoms with E-state index in [4.69, 9.17) is 0 Å². The van der Waals surface area contributed by atoms with Crippen LogP contribution < -0.4 is 5.32 Å². The van der Waals surface area contributed by atoms with Crippen LogP contribution in [0, 0.1) is 24.7 Å². The number of piperidine rings is 1. The molecule has 1 saturated heterocycles. The summed E-state index contributed by atoms with van der Waals surface area (Å²) in [5.74, 6) is 1.34. The van der Waals surface area contributed by atoms with Crippen molar-refractivity contribution < 1.29 is 9.90 Å². The summed E-state index contributed by atoms with van der Waals surface area (Å²) < 4.78 is 0. The molecule has 29 heavy (non-hydrogen) atoms. The Kier molecular flexibility index (Phi) is 6.31. The van der Waals surface area contributed by atoms with Crippen LogP contribution in [0.5, 0.6) is 0 Å². The first kappa shape index (κ1) is 20.1. The number of nitrogens with zero attached hydrogens (tertiary/aromatic N) is 1. The van der Waals surface area contributed by atoms with Crippen molar-refractivity contribution in [1.29, 1.82) is 0 Å². The van der Waals surface area contributed by atoms with Crippen molar-refractivity contribution in [3.63, 3.8) is 0 Å². The first-order valence-electron chi connectivity index (χ1n) is 10.9. The maximum Gasteiger partial charge on any atom is 0.229 e. The minimum atomic E-state index is -0.476. The van der Waals surface area contributed by atoms with Crippen molar-refractivity contribution in [2.24, 2.45) is 17.8 Å². The van der Waals surface area contributed by atoms with Crippen LogP contribution in [0.2, 0.25) is 0 Å². The summed E-state index contributed by atoms with van der Waals surface area (Å²) >= 11 is 0. The third-order valence-electron chi connectivity index (χ3n) is 6.84. The molecule has 2 bridgehead atoms. The van der Waals surface area contributed by atoms with Crippen molar-refractivity contribution in [3.8, 4) is 0 Å². The van der Waals surface area contributed by atoms with Gasteiger partial charge in [0, 0.05) is 26.2 Å². The van der Waals surface area contributed by atoms with Crippen molar-refractivity contribution in [2.75, 3.05) is 26.2 Å². The molecule has 3 atom stereocenters. The fourth-order valence-corrected chi connectivity index (χ4v) is 5.21. The van der Waals surface area contributed by atoms with Gasteiger partial charge in [0.15, 0.2) is 0 Å². The van der Waals surface area contributed by atoms with E-state index in [0.717, 1.165) is 31.7 Å². The predicted octanol–water partition coefficient (Wildman–Crippen LogP) is 3.35. The number of hydrogen-bond donors (Lipinski definition) is 2. The predicted molar refractivity (Wildman–Crippen MR) is 115 cm³/mol. The van der Waals surface area contributed by atoms with Gasteiger partial charge in [-0.25, -0.2) is 0 Å². The number of carbonyl (C=O) groups excluding carboxylic acids is 1. The topological polar surface area (TPSA) is 52.6 Å². The Labute approximate surface area is 173 Å². The highest BCUT2D eigenvalue weighted by atomic mass is 16.3. The molecule has 1 aliphatic heterocycles. The molecule has 2 fully saturated rings. The van der Waals surface area contributed by atoms with Crippen LogP contribution in [0.3, 0.4) is 0 Å². The monoisotopic (exact) mass is 392 g/mol. The van der Waals surface area contributed by atoms with Crippen molar-refractivity contribution >= 4 is 5.91 Å². The number of amides is 1. The van der Waals surface area contributed by atoms with Gasteiger partial charge in [0.05, 0.1) is 12.5 Å². The number of benzene rings is 2. The first-order chi connectivity index (χ1) is 14.1. The molecule has 1 aliphatic carbocycles. The minimum Gasteiger partial charge on any atom is -0.395 e. The molecular weight excluding hydrogens is 360 g/mol. The summed E-state index contributed by atoms with van der Waals surface area (Å²) in [5.41, 5.74) is 3.57. The summed E-state index contributed by atoms with van der Waals surface area (Å²) in [4.78, 5) is 15.3. The smallest absolute Gasteiger partial charge is 0.229 e. The van der Waals surface area contributed by atoms with E-state index in [1.807, 2.05) is 30.3 Å². The zero-order valence-corrected chi connectivity index (χ0v) is 17.3. The van der Waals surface area contributed by atoms with E-state index >= 15 is 0 Å². The Hall–Kier alpha value is -2.17. The summed E-state index contributed by atoms with van der Waals surface area (Å²) in [6.45, 7) is 5.96. The highest BCUT2D eigenvalue weighted by Gasteiger charge is 2.41. The van der Waals surface area contributed by atoms with Gasteiger partial charge in [-0.05, 0) is 48.6 Å². The lowest BCUT2D eigenvalue weighted by Gasteiger charge is -2.38. The highest BCUT2D eigenvalue weighted by molar-refractivity contribution is 5.83. The molecule has 1 heterocycles. The second-order valence-corrected chi connectivity index (χ2v) is 8.83. The van der Waals surface area contributed by atoms with Gasteiger partial charge in [-0.2, -0.15) is 0 Å². The zero-order chi connectivity index (χ0) is 20.2. The van der Waals surface area contributed by atoms with Gasteiger partial charge in [0.2, 0.25) is 5.91 Å². The maximum absolute atomic E-state index is 12.7. The summed E-state index contributed by atoms with van der Waals surface area (Å²) in [6.07, 6.45) is 2.52. The molecule has 3 unspecified atom stereocenters. The zero-order valence-electron chi connectivity index (χ0n) is 17.3. The Bertz CT molecular complexity index is 791. The van der Waals surface area contributed by atoms with Crippen LogP contribution >= 0.6 is 0 Å².